The van der Waals surface area contributed by atoms with Gasteiger partial charge < -0.3 is 41.4 Å². The highest BCUT2D eigenvalue weighted by Gasteiger charge is 2.34. The lowest BCUT2D eigenvalue weighted by molar-refractivity contribution is -0.162. The van der Waals surface area contributed by atoms with Crippen LogP contribution in [0.1, 0.15) is 6.42 Å². The Morgan fingerprint density at radius 1 is 1.15 bits per heavy atom. The van der Waals surface area contributed by atoms with Gasteiger partial charge in [-0.15, -0.1) is 0 Å². The Kier molecular flexibility index (Phi) is 7.87. The van der Waals surface area contributed by atoms with E-state index in [1.165, 1.54) is 0 Å². The minimum absolute atomic E-state index is 0.327. The van der Waals surface area contributed by atoms with Crippen LogP contribution in [0.5, 0.6) is 0 Å². The Morgan fingerprint density at radius 3 is 2.15 bits per heavy atom. The normalized spacial score (nSPS) is 18.4. The van der Waals surface area contributed by atoms with Crippen molar-refractivity contribution in [1.29, 1.82) is 0 Å². The second-order valence-electron chi connectivity index (χ2n) is 4.14. The maximum absolute atomic E-state index is 11.2. The van der Waals surface area contributed by atoms with Crippen LogP contribution in [0.2, 0.25) is 0 Å². The molecule has 0 radical (unpaired) electrons. The van der Waals surface area contributed by atoms with Crippen molar-refractivity contribution in [2.45, 2.75) is 36.9 Å². The number of carboxylic acids is 1. The van der Waals surface area contributed by atoms with E-state index >= 15 is 0 Å². The number of hydrogen-bond donors (Lipinski definition) is 7. The molecule has 0 spiro atoms. The molecule has 5 unspecified atom stereocenters. The molecule has 0 fully saturated rings. The summed E-state index contributed by atoms with van der Waals surface area (Å²) in [6.07, 6.45) is -8.07. The number of nitrogens with two attached hydrogens (primary N) is 1. The fourth-order valence-electron chi connectivity index (χ4n) is 1.23. The summed E-state index contributed by atoms with van der Waals surface area (Å²) in [5.41, 5.74) is 5.18. The van der Waals surface area contributed by atoms with E-state index in [-0.39, 0.29) is 6.42 Å². The molecule has 8 N–H and O–H groups in total. The van der Waals surface area contributed by atoms with Crippen molar-refractivity contribution in [3.05, 3.63) is 0 Å². The van der Waals surface area contributed by atoms with Crippen molar-refractivity contribution in [2.24, 2.45) is 5.73 Å². The van der Waals surface area contributed by atoms with Crippen LogP contribution in [0.15, 0.2) is 0 Å². The van der Waals surface area contributed by atoms with Gasteiger partial charge in [-0.3, -0.25) is 4.79 Å². The van der Waals surface area contributed by atoms with Gasteiger partial charge in [0, 0.05) is 13.0 Å². The lowest BCUT2D eigenvalue weighted by Gasteiger charge is -2.24. The third-order valence-corrected chi connectivity index (χ3v) is 2.42. The fraction of sp³-hybridized carbons (Fsp3) is 0.700. The van der Waals surface area contributed by atoms with Gasteiger partial charge >= 0.3 is 5.97 Å². The van der Waals surface area contributed by atoms with Crippen molar-refractivity contribution in [1.82, 2.24) is 5.32 Å². The van der Waals surface area contributed by atoms with Crippen LogP contribution in [0.4, 0.5) is 0 Å². The second-order valence-corrected chi connectivity index (χ2v) is 4.14. The number of hydrogen-bond acceptors (Lipinski definition) is 8. The summed E-state index contributed by atoms with van der Waals surface area (Å²) in [5, 5.41) is 47.6. The van der Waals surface area contributed by atoms with E-state index in [9.17, 15) is 29.7 Å². The summed E-state index contributed by atoms with van der Waals surface area (Å²) in [7, 11) is 0. The third-order valence-electron chi connectivity index (χ3n) is 2.42. The highest BCUT2D eigenvalue weighted by molar-refractivity contribution is 5.80. The molecule has 0 aliphatic rings. The summed E-state index contributed by atoms with van der Waals surface area (Å²) in [5.74, 6) is -2.45. The maximum Gasteiger partial charge on any atom is 0.335 e. The van der Waals surface area contributed by atoms with Gasteiger partial charge in [-0.25, -0.2) is 4.79 Å². The number of aldehydes is 1. The van der Waals surface area contributed by atoms with E-state index in [2.05, 4.69) is 5.32 Å². The number of carbonyl (C=O) groups is 3. The molecule has 0 aliphatic carbocycles. The van der Waals surface area contributed by atoms with Crippen molar-refractivity contribution >= 4 is 18.2 Å². The van der Waals surface area contributed by atoms with E-state index in [0.717, 1.165) is 0 Å². The Balaban J connectivity index is 4.26. The number of rotatable bonds is 9. The van der Waals surface area contributed by atoms with Gasteiger partial charge in [-0.1, -0.05) is 0 Å². The molecule has 5 atom stereocenters. The van der Waals surface area contributed by atoms with Crippen molar-refractivity contribution in [3.8, 4) is 0 Å². The number of aliphatic hydroxyl groups excluding tert-OH is 4. The van der Waals surface area contributed by atoms with Crippen LogP contribution >= 0.6 is 0 Å². The Hall–Kier alpha value is -1.59. The molecule has 10 nitrogen and oxygen atoms in total. The van der Waals surface area contributed by atoms with Crippen LogP contribution in [-0.2, 0) is 14.4 Å². The van der Waals surface area contributed by atoms with E-state index < -0.39 is 48.9 Å². The predicted molar refractivity (Wildman–Crippen MR) is 63.3 cm³/mol. The monoisotopic (exact) mass is 294 g/mol. The Labute approximate surface area is 113 Å². The second kappa shape index (κ2) is 8.55. The van der Waals surface area contributed by atoms with E-state index in [1.807, 2.05) is 0 Å². The van der Waals surface area contributed by atoms with Gasteiger partial charge in [0.05, 0.1) is 12.1 Å². The Bertz CT molecular complexity index is 350. The largest absolute Gasteiger partial charge is 0.479 e. The first kappa shape index (κ1) is 18.4. The van der Waals surface area contributed by atoms with Crippen molar-refractivity contribution < 1.29 is 39.9 Å². The van der Waals surface area contributed by atoms with Crippen molar-refractivity contribution in [2.75, 3.05) is 6.54 Å². The summed E-state index contributed by atoms with van der Waals surface area (Å²) in [4.78, 5) is 31.8. The summed E-state index contributed by atoms with van der Waals surface area (Å²) >= 11 is 0. The third kappa shape index (κ3) is 6.04. The van der Waals surface area contributed by atoms with Crippen LogP contribution in [0, 0.1) is 0 Å². The van der Waals surface area contributed by atoms with Gasteiger partial charge in [-0.2, -0.15) is 0 Å². The van der Waals surface area contributed by atoms with Crippen LogP contribution in [0.3, 0.4) is 0 Å². The first-order chi connectivity index (χ1) is 9.20. The highest BCUT2D eigenvalue weighted by Crippen LogP contribution is 2.05. The molecule has 10 heteroatoms. The lowest BCUT2D eigenvalue weighted by atomic mass is 10.0. The number of nitrogens with one attached hydrogen (secondary N) is 1. The molecule has 0 aromatic carbocycles. The Morgan fingerprint density at radius 2 is 1.70 bits per heavy atom. The zero-order chi connectivity index (χ0) is 15.9. The summed E-state index contributed by atoms with van der Waals surface area (Å²) in [6.45, 7) is -0.519. The first-order valence-corrected chi connectivity index (χ1v) is 5.63. The van der Waals surface area contributed by atoms with Gasteiger partial charge in [0.1, 0.15) is 18.5 Å². The lowest BCUT2D eigenvalue weighted by Crippen LogP contribution is -2.51. The van der Waals surface area contributed by atoms with Crippen LogP contribution in [-0.4, -0.2) is 80.7 Å². The molecule has 1 amide bonds. The smallest absolute Gasteiger partial charge is 0.335 e. The summed E-state index contributed by atoms with van der Waals surface area (Å²) < 4.78 is 0. The molecule has 0 aromatic heterocycles. The SMILES string of the molecule is NC(C=O)CC(=O)NCC(O)C(O)C(O)C(O)C(=O)O. The minimum Gasteiger partial charge on any atom is -0.479 e. The minimum atomic E-state index is -2.28. The first-order valence-electron chi connectivity index (χ1n) is 5.63. The van der Waals surface area contributed by atoms with Crippen LogP contribution < -0.4 is 11.1 Å². The van der Waals surface area contributed by atoms with Gasteiger partial charge in [0.15, 0.2) is 6.10 Å². The molecule has 0 aromatic rings. The maximum atomic E-state index is 11.2. The number of amides is 1. The molecular weight excluding hydrogens is 276 g/mol. The highest BCUT2D eigenvalue weighted by atomic mass is 16.4. The molecule has 0 aliphatic heterocycles. The molecule has 116 valence electrons. The topological polar surface area (TPSA) is 190 Å². The zero-order valence-corrected chi connectivity index (χ0v) is 10.4. The molecule has 0 rings (SSSR count). The average molecular weight is 294 g/mol. The van der Waals surface area contributed by atoms with Crippen molar-refractivity contribution in [3.63, 3.8) is 0 Å². The van der Waals surface area contributed by atoms with E-state index in [1.54, 1.807) is 0 Å². The average Bonchev–Trinajstić information content (AvgIpc) is 2.41. The number of aliphatic hydroxyl groups is 4. The molecule has 0 bridgehead atoms. The summed E-state index contributed by atoms with van der Waals surface area (Å²) in [6, 6.07) is -1.00. The predicted octanol–water partition coefficient (Wildman–Crippen LogP) is -4.45. The quantitative estimate of drug-likeness (QED) is 0.205. The zero-order valence-electron chi connectivity index (χ0n) is 10.4. The number of aliphatic carboxylic acids is 1. The molecule has 0 heterocycles. The fourth-order valence-corrected chi connectivity index (χ4v) is 1.23. The standard InChI is InChI=1S/C10H18N2O8/c11-4(3-13)1-6(15)12-2-5(14)7(16)8(17)9(18)10(19)20/h3-5,7-9,14,16-18H,1-2,11H2,(H,12,15)(H,19,20). The number of carbonyl (C=O) groups excluding carboxylic acids is 2. The van der Waals surface area contributed by atoms with Gasteiger partial charge in [0.2, 0.25) is 5.91 Å². The molecule has 20 heavy (non-hydrogen) atoms. The molecular formula is C10H18N2O8. The number of carboxylic acid groups (broad SMARTS) is 1. The van der Waals surface area contributed by atoms with E-state index in [4.69, 9.17) is 15.9 Å². The molecule has 0 saturated carbocycles. The van der Waals surface area contributed by atoms with Crippen LogP contribution in [0.25, 0.3) is 0 Å². The van der Waals surface area contributed by atoms with Gasteiger partial charge in [-0.05, 0) is 0 Å². The van der Waals surface area contributed by atoms with Gasteiger partial charge in [0.25, 0.3) is 0 Å². The van der Waals surface area contributed by atoms with E-state index in [0.29, 0.717) is 6.29 Å². The molecule has 0 saturated heterocycles.